The summed E-state index contributed by atoms with van der Waals surface area (Å²) in [6.45, 7) is 6.56. The third-order valence-electron chi connectivity index (χ3n) is 3.92. The van der Waals surface area contributed by atoms with Crippen LogP contribution in [-0.4, -0.2) is 36.5 Å². The first-order chi connectivity index (χ1) is 8.15. The SMILES string of the molecule is Cc1cc(C(=O)N2C[C@H]3CCN[C@H]3C2)c(C)o1. The molecule has 2 saturated heterocycles. The zero-order chi connectivity index (χ0) is 12.0. The summed E-state index contributed by atoms with van der Waals surface area (Å²) < 4.78 is 5.43. The van der Waals surface area contributed by atoms with Gasteiger partial charge in [-0.15, -0.1) is 0 Å². The largest absolute Gasteiger partial charge is 0.466 e. The average Bonchev–Trinajstić information content (AvgIpc) is 2.90. The molecule has 1 aromatic heterocycles. The fraction of sp³-hybridized carbons (Fsp3) is 0.615. The second kappa shape index (κ2) is 3.88. The minimum atomic E-state index is 0.121. The van der Waals surface area contributed by atoms with Crippen LogP contribution in [0.3, 0.4) is 0 Å². The quantitative estimate of drug-likeness (QED) is 0.797. The molecule has 4 nitrogen and oxygen atoms in total. The molecule has 2 fully saturated rings. The zero-order valence-corrected chi connectivity index (χ0v) is 10.3. The van der Waals surface area contributed by atoms with Gasteiger partial charge in [0.05, 0.1) is 5.56 Å². The zero-order valence-electron chi connectivity index (χ0n) is 10.3. The molecule has 0 radical (unpaired) electrons. The summed E-state index contributed by atoms with van der Waals surface area (Å²) in [5.74, 6) is 2.31. The number of likely N-dealkylation sites (tertiary alicyclic amines) is 1. The van der Waals surface area contributed by atoms with Gasteiger partial charge in [0.2, 0.25) is 0 Å². The van der Waals surface area contributed by atoms with Crippen LogP contribution in [0.1, 0.15) is 28.3 Å². The molecule has 0 unspecified atom stereocenters. The Morgan fingerprint density at radius 1 is 1.47 bits per heavy atom. The Bertz CT molecular complexity index is 440. The van der Waals surface area contributed by atoms with Gasteiger partial charge in [-0.1, -0.05) is 0 Å². The van der Waals surface area contributed by atoms with E-state index in [0.717, 1.165) is 36.7 Å². The van der Waals surface area contributed by atoms with Crippen molar-refractivity contribution in [1.82, 2.24) is 10.2 Å². The molecule has 1 amide bonds. The maximum atomic E-state index is 12.4. The number of nitrogens with zero attached hydrogens (tertiary/aromatic N) is 1. The molecule has 0 aliphatic carbocycles. The van der Waals surface area contributed by atoms with Crippen LogP contribution < -0.4 is 5.32 Å². The van der Waals surface area contributed by atoms with Crippen LogP contribution in [0.15, 0.2) is 10.5 Å². The molecule has 2 atom stereocenters. The van der Waals surface area contributed by atoms with Crippen LogP contribution in [0.25, 0.3) is 0 Å². The number of carbonyl (C=O) groups excluding carboxylic acids is 1. The fourth-order valence-corrected chi connectivity index (χ4v) is 3.03. The van der Waals surface area contributed by atoms with Crippen molar-refractivity contribution in [2.45, 2.75) is 26.3 Å². The highest BCUT2D eigenvalue weighted by molar-refractivity contribution is 5.95. The van der Waals surface area contributed by atoms with Gasteiger partial charge in [-0.05, 0) is 38.8 Å². The lowest BCUT2D eigenvalue weighted by atomic mass is 10.1. The number of aryl methyl sites for hydroxylation is 2. The van der Waals surface area contributed by atoms with Gasteiger partial charge in [0.25, 0.3) is 5.91 Å². The summed E-state index contributed by atoms with van der Waals surface area (Å²) in [6, 6.07) is 2.35. The molecule has 2 aliphatic heterocycles. The number of nitrogens with one attached hydrogen (secondary N) is 1. The predicted octanol–water partition coefficient (Wildman–Crippen LogP) is 1.33. The summed E-state index contributed by atoms with van der Waals surface area (Å²) in [5, 5.41) is 3.46. The van der Waals surface area contributed by atoms with Gasteiger partial charge in [-0.3, -0.25) is 4.79 Å². The van der Waals surface area contributed by atoms with E-state index in [-0.39, 0.29) is 5.91 Å². The summed E-state index contributed by atoms with van der Waals surface area (Å²) in [5.41, 5.74) is 0.725. The number of fused-ring (bicyclic) bond motifs is 1. The van der Waals surface area contributed by atoms with E-state index in [1.165, 1.54) is 6.42 Å². The average molecular weight is 234 g/mol. The van der Waals surface area contributed by atoms with Crippen LogP contribution >= 0.6 is 0 Å². The van der Waals surface area contributed by atoms with Crippen molar-refractivity contribution in [3.63, 3.8) is 0 Å². The standard InChI is InChI=1S/C13H18N2O2/c1-8-5-11(9(2)17-8)13(16)15-6-10-3-4-14-12(10)7-15/h5,10,12,14H,3-4,6-7H2,1-2H3/t10-,12+/m1/s1. The van der Waals surface area contributed by atoms with E-state index in [9.17, 15) is 4.79 Å². The highest BCUT2D eigenvalue weighted by atomic mass is 16.3. The van der Waals surface area contributed by atoms with Crippen molar-refractivity contribution in [2.24, 2.45) is 5.92 Å². The number of hydrogen-bond donors (Lipinski definition) is 1. The topological polar surface area (TPSA) is 45.5 Å². The Hall–Kier alpha value is -1.29. The van der Waals surface area contributed by atoms with E-state index in [1.54, 1.807) is 0 Å². The number of rotatable bonds is 1. The van der Waals surface area contributed by atoms with E-state index < -0.39 is 0 Å². The Kier molecular flexibility index (Phi) is 2.47. The molecule has 0 spiro atoms. The van der Waals surface area contributed by atoms with E-state index in [1.807, 2.05) is 24.8 Å². The maximum absolute atomic E-state index is 12.4. The Balaban J connectivity index is 1.77. The lowest BCUT2D eigenvalue weighted by molar-refractivity contribution is 0.0781. The van der Waals surface area contributed by atoms with Crippen LogP contribution in [0.4, 0.5) is 0 Å². The smallest absolute Gasteiger partial charge is 0.257 e. The maximum Gasteiger partial charge on any atom is 0.257 e. The molecule has 1 N–H and O–H groups in total. The van der Waals surface area contributed by atoms with Crippen LogP contribution in [0, 0.1) is 19.8 Å². The van der Waals surface area contributed by atoms with Crippen LogP contribution in [-0.2, 0) is 0 Å². The van der Waals surface area contributed by atoms with Gasteiger partial charge in [0.15, 0.2) is 0 Å². The second-order valence-corrected chi connectivity index (χ2v) is 5.15. The molecule has 3 rings (SSSR count). The van der Waals surface area contributed by atoms with Gasteiger partial charge in [-0.25, -0.2) is 0 Å². The summed E-state index contributed by atoms with van der Waals surface area (Å²) in [7, 11) is 0. The van der Waals surface area contributed by atoms with Crippen molar-refractivity contribution in [2.75, 3.05) is 19.6 Å². The molecule has 0 bridgehead atoms. The molecule has 17 heavy (non-hydrogen) atoms. The van der Waals surface area contributed by atoms with Crippen molar-refractivity contribution in [1.29, 1.82) is 0 Å². The molecule has 92 valence electrons. The van der Waals surface area contributed by atoms with Gasteiger partial charge < -0.3 is 14.6 Å². The van der Waals surface area contributed by atoms with E-state index in [4.69, 9.17) is 4.42 Å². The molecule has 1 aromatic rings. The third kappa shape index (κ3) is 1.76. The summed E-state index contributed by atoms with van der Waals surface area (Å²) in [4.78, 5) is 14.3. The van der Waals surface area contributed by atoms with Gasteiger partial charge in [0.1, 0.15) is 11.5 Å². The molecule has 0 aromatic carbocycles. The lowest BCUT2D eigenvalue weighted by Crippen LogP contribution is -2.34. The molecule has 2 aliphatic rings. The fourth-order valence-electron chi connectivity index (χ4n) is 3.03. The third-order valence-corrected chi connectivity index (χ3v) is 3.92. The highest BCUT2D eigenvalue weighted by Crippen LogP contribution is 2.27. The Labute approximate surface area is 101 Å². The number of hydrogen-bond acceptors (Lipinski definition) is 3. The highest BCUT2D eigenvalue weighted by Gasteiger charge is 2.38. The predicted molar refractivity (Wildman–Crippen MR) is 64.0 cm³/mol. The van der Waals surface area contributed by atoms with Gasteiger partial charge >= 0.3 is 0 Å². The number of furan rings is 1. The van der Waals surface area contributed by atoms with E-state index in [0.29, 0.717) is 12.0 Å². The van der Waals surface area contributed by atoms with Crippen molar-refractivity contribution < 1.29 is 9.21 Å². The number of carbonyl (C=O) groups is 1. The first kappa shape index (κ1) is 10.8. The lowest BCUT2D eigenvalue weighted by Gasteiger charge is -2.16. The van der Waals surface area contributed by atoms with Crippen molar-refractivity contribution in [3.05, 3.63) is 23.2 Å². The molecule has 0 saturated carbocycles. The Morgan fingerprint density at radius 2 is 2.29 bits per heavy atom. The van der Waals surface area contributed by atoms with Crippen LogP contribution in [0.5, 0.6) is 0 Å². The first-order valence-electron chi connectivity index (χ1n) is 6.25. The summed E-state index contributed by atoms with van der Waals surface area (Å²) >= 11 is 0. The molecular weight excluding hydrogens is 216 g/mol. The Morgan fingerprint density at radius 3 is 2.94 bits per heavy atom. The number of amides is 1. The minimum Gasteiger partial charge on any atom is -0.466 e. The van der Waals surface area contributed by atoms with Gasteiger partial charge in [-0.2, -0.15) is 0 Å². The van der Waals surface area contributed by atoms with Crippen molar-refractivity contribution >= 4 is 5.91 Å². The monoisotopic (exact) mass is 234 g/mol. The van der Waals surface area contributed by atoms with Crippen molar-refractivity contribution in [3.8, 4) is 0 Å². The first-order valence-corrected chi connectivity index (χ1v) is 6.25. The second-order valence-electron chi connectivity index (χ2n) is 5.15. The molecular formula is C13H18N2O2. The molecule has 3 heterocycles. The molecule has 4 heteroatoms. The minimum absolute atomic E-state index is 0.121. The van der Waals surface area contributed by atoms with E-state index >= 15 is 0 Å². The van der Waals surface area contributed by atoms with Gasteiger partial charge in [0, 0.05) is 19.1 Å². The van der Waals surface area contributed by atoms with E-state index in [2.05, 4.69) is 5.32 Å². The van der Waals surface area contributed by atoms with Crippen LogP contribution in [0.2, 0.25) is 0 Å². The summed E-state index contributed by atoms with van der Waals surface area (Å²) in [6.07, 6.45) is 1.19. The normalized spacial score (nSPS) is 27.5.